The molecule has 2 aromatic carbocycles. The molecule has 2 rings (SSSR count). The Balaban J connectivity index is 2.16. The summed E-state index contributed by atoms with van der Waals surface area (Å²) in [4.78, 5) is 0. The molecule has 0 aliphatic rings. The molecule has 0 spiro atoms. The van der Waals surface area contributed by atoms with Crippen LogP contribution in [-0.4, -0.2) is 26.4 Å². The first-order chi connectivity index (χ1) is 17.0. The van der Waals surface area contributed by atoms with Gasteiger partial charge in [-0.2, -0.15) is 0 Å². The third kappa shape index (κ3) is 12.4. The molecule has 0 saturated carbocycles. The van der Waals surface area contributed by atoms with E-state index in [4.69, 9.17) is 9.47 Å². The molecule has 0 aliphatic carbocycles. The molecule has 0 fully saturated rings. The highest BCUT2D eigenvalue weighted by Crippen LogP contribution is 2.35. The van der Waals surface area contributed by atoms with E-state index in [1.807, 2.05) is 0 Å². The van der Waals surface area contributed by atoms with Gasteiger partial charge in [-0.15, -0.1) is 0 Å². The van der Waals surface area contributed by atoms with Crippen molar-refractivity contribution in [3.05, 3.63) is 68.6 Å². The van der Waals surface area contributed by atoms with Crippen LogP contribution in [0.15, 0.2) is 57.5 Å². The number of unbranched alkanes of at least 4 members (excludes halogenated alkanes) is 6. The van der Waals surface area contributed by atoms with Gasteiger partial charge in [-0.1, -0.05) is 115 Å². The van der Waals surface area contributed by atoms with Crippen molar-refractivity contribution in [1.82, 2.24) is 0 Å². The molecule has 4 heteroatoms. The summed E-state index contributed by atoms with van der Waals surface area (Å²) in [5.74, 6) is 0.413. The van der Waals surface area contributed by atoms with Gasteiger partial charge in [-0.25, -0.2) is 0 Å². The zero-order valence-corrected chi connectivity index (χ0v) is 25.3. The topological polar surface area (TPSA) is 18.5 Å². The third-order valence-corrected chi connectivity index (χ3v) is 7.98. The Morgan fingerprint density at radius 3 is 1.40 bits per heavy atom. The van der Waals surface area contributed by atoms with Gasteiger partial charge in [0.1, 0.15) is 0 Å². The summed E-state index contributed by atoms with van der Waals surface area (Å²) in [6.07, 6.45) is 11.9. The van der Waals surface area contributed by atoms with Crippen LogP contribution in [0.5, 0.6) is 0 Å². The number of rotatable bonds is 19. The minimum absolute atomic E-state index is 0.0599. The molecule has 0 atom stereocenters. The molecule has 0 heterocycles. The maximum absolute atomic E-state index is 6.34. The molecular formula is C31H46Br2O2. The smallest absolute Gasteiger partial charge is 0.0544 e. The first-order valence-corrected chi connectivity index (χ1v) is 15.2. The normalized spacial score (nSPS) is 11.9. The molecule has 0 N–H and O–H groups in total. The molecule has 0 aromatic heterocycles. The molecule has 0 unspecified atom stereocenters. The van der Waals surface area contributed by atoms with Crippen LogP contribution < -0.4 is 0 Å². The van der Waals surface area contributed by atoms with Gasteiger partial charge in [0.05, 0.1) is 13.2 Å². The molecule has 2 nitrogen and oxygen atoms in total. The summed E-state index contributed by atoms with van der Waals surface area (Å²) in [5, 5.41) is 0. The minimum Gasteiger partial charge on any atom is -0.381 e. The van der Waals surface area contributed by atoms with Crippen LogP contribution in [0.4, 0.5) is 0 Å². The van der Waals surface area contributed by atoms with Crippen LogP contribution in [0.2, 0.25) is 0 Å². The highest BCUT2D eigenvalue weighted by atomic mass is 79.9. The zero-order chi connectivity index (χ0) is 25.4. The molecule has 35 heavy (non-hydrogen) atoms. The van der Waals surface area contributed by atoms with E-state index in [1.165, 1.54) is 49.7 Å². The van der Waals surface area contributed by atoms with E-state index in [-0.39, 0.29) is 5.41 Å². The van der Waals surface area contributed by atoms with Crippen molar-refractivity contribution in [3.63, 3.8) is 0 Å². The summed E-state index contributed by atoms with van der Waals surface area (Å²) in [6, 6.07) is 17.6. The SMILES string of the molecule is CCCCCCOCC(C)(COCCCCCC)C(Cc1ccc(Br)cc1)Cc1ccc(Br)cc1. The van der Waals surface area contributed by atoms with E-state index in [1.54, 1.807) is 0 Å². The number of hydrogen-bond donors (Lipinski definition) is 0. The number of hydrogen-bond acceptors (Lipinski definition) is 2. The van der Waals surface area contributed by atoms with Crippen molar-refractivity contribution in [2.24, 2.45) is 11.3 Å². The Morgan fingerprint density at radius 1 is 0.629 bits per heavy atom. The van der Waals surface area contributed by atoms with E-state index < -0.39 is 0 Å². The Morgan fingerprint density at radius 2 is 1.03 bits per heavy atom. The lowest BCUT2D eigenvalue weighted by atomic mass is 9.72. The van der Waals surface area contributed by atoms with Gasteiger partial charge in [0.2, 0.25) is 0 Å². The first-order valence-electron chi connectivity index (χ1n) is 13.6. The number of benzene rings is 2. The average Bonchev–Trinajstić information content (AvgIpc) is 2.85. The second-order valence-corrected chi connectivity index (χ2v) is 12.1. The van der Waals surface area contributed by atoms with E-state index in [9.17, 15) is 0 Å². The van der Waals surface area contributed by atoms with E-state index in [0.717, 1.165) is 61.1 Å². The minimum atomic E-state index is -0.0599. The Labute approximate surface area is 231 Å². The zero-order valence-electron chi connectivity index (χ0n) is 22.2. The maximum atomic E-state index is 6.34. The highest BCUT2D eigenvalue weighted by Gasteiger charge is 2.35. The van der Waals surface area contributed by atoms with Crippen molar-refractivity contribution in [2.75, 3.05) is 26.4 Å². The van der Waals surface area contributed by atoms with Crippen molar-refractivity contribution in [3.8, 4) is 0 Å². The number of ether oxygens (including phenoxy) is 2. The molecule has 2 aromatic rings. The molecule has 0 saturated heterocycles. The molecule has 0 radical (unpaired) electrons. The molecule has 196 valence electrons. The van der Waals surface area contributed by atoms with Gasteiger partial charge in [0, 0.05) is 27.6 Å². The number of halogens is 2. The standard InChI is InChI=1S/C31H46Br2O2/c1-4-6-8-10-20-34-24-31(3,25-35-21-11-9-7-5-2)28(22-26-12-16-29(32)17-13-26)23-27-14-18-30(33)19-15-27/h12-19,28H,4-11,20-25H2,1-3H3. The van der Waals surface area contributed by atoms with Crippen LogP contribution >= 0.6 is 31.9 Å². The lowest BCUT2D eigenvalue weighted by Crippen LogP contribution is -2.40. The summed E-state index contributed by atoms with van der Waals surface area (Å²) in [5.41, 5.74) is 2.68. The van der Waals surface area contributed by atoms with Crippen molar-refractivity contribution < 1.29 is 9.47 Å². The van der Waals surface area contributed by atoms with Crippen molar-refractivity contribution >= 4 is 31.9 Å². The van der Waals surface area contributed by atoms with E-state index in [2.05, 4.69) is 101 Å². The Kier molecular flexibility index (Phi) is 15.5. The Bertz CT molecular complexity index is 725. The van der Waals surface area contributed by atoms with Gasteiger partial charge in [0.25, 0.3) is 0 Å². The monoisotopic (exact) mass is 608 g/mol. The van der Waals surface area contributed by atoms with Gasteiger partial charge in [-0.3, -0.25) is 0 Å². The summed E-state index contributed by atoms with van der Waals surface area (Å²) in [6.45, 7) is 10.1. The first kappa shape index (κ1) is 30.5. The fourth-order valence-corrected chi connectivity index (χ4v) is 5.05. The van der Waals surface area contributed by atoms with Crippen LogP contribution in [0.3, 0.4) is 0 Å². The second kappa shape index (κ2) is 17.7. The van der Waals surface area contributed by atoms with Gasteiger partial charge >= 0.3 is 0 Å². The molecule has 0 aliphatic heterocycles. The summed E-state index contributed by atoms with van der Waals surface area (Å²) >= 11 is 7.17. The van der Waals surface area contributed by atoms with Gasteiger partial charge in [-0.05, 0) is 67.0 Å². The van der Waals surface area contributed by atoms with Gasteiger partial charge in [0.15, 0.2) is 0 Å². The fraction of sp³-hybridized carbons (Fsp3) is 0.613. The summed E-state index contributed by atoms with van der Waals surface area (Å²) in [7, 11) is 0. The molecule has 0 amide bonds. The van der Waals surface area contributed by atoms with E-state index >= 15 is 0 Å². The van der Waals surface area contributed by atoms with Crippen LogP contribution in [0.25, 0.3) is 0 Å². The fourth-order valence-electron chi connectivity index (χ4n) is 4.52. The highest BCUT2D eigenvalue weighted by molar-refractivity contribution is 9.10. The lowest BCUT2D eigenvalue weighted by molar-refractivity contribution is -0.0466. The predicted octanol–water partition coefficient (Wildman–Crippen LogP) is 9.81. The van der Waals surface area contributed by atoms with E-state index in [0.29, 0.717) is 5.92 Å². The second-order valence-electron chi connectivity index (χ2n) is 10.2. The molecular weight excluding hydrogens is 564 g/mol. The van der Waals surface area contributed by atoms with Gasteiger partial charge < -0.3 is 9.47 Å². The largest absolute Gasteiger partial charge is 0.381 e. The van der Waals surface area contributed by atoms with Crippen LogP contribution in [0, 0.1) is 11.3 Å². The summed E-state index contributed by atoms with van der Waals surface area (Å²) < 4.78 is 14.9. The van der Waals surface area contributed by atoms with Crippen LogP contribution in [0.1, 0.15) is 83.3 Å². The average molecular weight is 611 g/mol. The van der Waals surface area contributed by atoms with Crippen molar-refractivity contribution in [1.29, 1.82) is 0 Å². The quantitative estimate of drug-likeness (QED) is 0.148. The lowest BCUT2D eigenvalue weighted by Gasteiger charge is -2.38. The third-order valence-electron chi connectivity index (χ3n) is 6.92. The Hall–Kier alpha value is -0.680. The molecule has 0 bridgehead atoms. The maximum Gasteiger partial charge on any atom is 0.0544 e. The van der Waals surface area contributed by atoms with Crippen molar-refractivity contribution in [2.45, 2.75) is 85.0 Å². The predicted molar refractivity (Wildman–Crippen MR) is 157 cm³/mol. The van der Waals surface area contributed by atoms with Crippen LogP contribution in [-0.2, 0) is 22.3 Å².